The molecule has 0 aromatic carbocycles. The van der Waals surface area contributed by atoms with E-state index in [0.29, 0.717) is 19.3 Å². The van der Waals surface area contributed by atoms with Gasteiger partial charge in [0, 0.05) is 19.3 Å². The number of unbranched alkanes of at least 4 members (excludes halogenated alkanes) is 27. The maximum atomic E-state index is 12.9. The van der Waals surface area contributed by atoms with E-state index < -0.39 is 6.10 Å². The molecular formula is C66H112O6. The highest BCUT2D eigenvalue weighted by molar-refractivity contribution is 5.71. The summed E-state index contributed by atoms with van der Waals surface area (Å²) < 4.78 is 16.9. The van der Waals surface area contributed by atoms with Crippen LogP contribution in [0.5, 0.6) is 0 Å². The zero-order valence-electron chi connectivity index (χ0n) is 47.2. The van der Waals surface area contributed by atoms with E-state index in [1.807, 2.05) is 0 Å². The molecule has 0 spiro atoms. The summed E-state index contributed by atoms with van der Waals surface area (Å²) in [4.78, 5) is 38.2. The van der Waals surface area contributed by atoms with Gasteiger partial charge >= 0.3 is 17.9 Å². The van der Waals surface area contributed by atoms with Crippen molar-refractivity contribution < 1.29 is 28.6 Å². The fraction of sp³-hybridized carbons (Fsp3) is 0.712. The largest absolute Gasteiger partial charge is 0.462 e. The Morgan fingerprint density at radius 3 is 0.903 bits per heavy atom. The zero-order valence-corrected chi connectivity index (χ0v) is 47.2. The number of carbonyl (C=O) groups excluding carboxylic acids is 3. The predicted molar refractivity (Wildman–Crippen MR) is 311 cm³/mol. The van der Waals surface area contributed by atoms with E-state index in [4.69, 9.17) is 14.2 Å². The molecule has 72 heavy (non-hydrogen) atoms. The Bertz CT molecular complexity index is 1430. The summed E-state index contributed by atoms with van der Waals surface area (Å²) >= 11 is 0. The van der Waals surface area contributed by atoms with Crippen LogP contribution in [0.15, 0.2) is 97.2 Å². The van der Waals surface area contributed by atoms with Crippen LogP contribution in [0.2, 0.25) is 0 Å². The van der Waals surface area contributed by atoms with Crippen LogP contribution in [-0.4, -0.2) is 37.2 Å². The average molecular weight is 1000 g/mol. The zero-order chi connectivity index (χ0) is 52.2. The van der Waals surface area contributed by atoms with Crippen molar-refractivity contribution in [2.45, 2.75) is 290 Å². The van der Waals surface area contributed by atoms with E-state index in [-0.39, 0.29) is 31.1 Å². The molecule has 0 radical (unpaired) electrons. The summed E-state index contributed by atoms with van der Waals surface area (Å²) in [6.45, 7) is 6.47. The lowest BCUT2D eigenvalue weighted by Gasteiger charge is -2.18. The van der Waals surface area contributed by atoms with Crippen LogP contribution in [-0.2, 0) is 28.6 Å². The molecule has 6 heteroatoms. The van der Waals surface area contributed by atoms with Crippen LogP contribution in [0.4, 0.5) is 0 Å². The summed E-state index contributed by atoms with van der Waals surface area (Å²) in [5.74, 6) is -0.920. The highest BCUT2D eigenvalue weighted by atomic mass is 16.6. The van der Waals surface area contributed by atoms with Gasteiger partial charge in [0.05, 0.1) is 0 Å². The summed E-state index contributed by atoms with van der Waals surface area (Å²) in [6, 6.07) is 0. The van der Waals surface area contributed by atoms with E-state index in [1.54, 1.807) is 0 Å². The first kappa shape index (κ1) is 68.3. The van der Waals surface area contributed by atoms with Crippen molar-refractivity contribution in [3.8, 4) is 0 Å². The molecular weight excluding hydrogens is 889 g/mol. The Hall–Kier alpha value is -3.67. The first-order valence-electron chi connectivity index (χ1n) is 30.2. The van der Waals surface area contributed by atoms with Gasteiger partial charge in [0.15, 0.2) is 6.10 Å². The van der Waals surface area contributed by atoms with Crippen molar-refractivity contribution in [2.24, 2.45) is 0 Å². The molecule has 0 aliphatic rings. The molecule has 0 N–H and O–H groups in total. The van der Waals surface area contributed by atoms with Gasteiger partial charge in [0.1, 0.15) is 13.2 Å². The van der Waals surface area contributed by atoms with Gasteiger partial charge in [-0.05, 0) is 116 Å². The maximum absolute atomic E-state index is 12.9. The summed E-state index contributed by atoms with van der Waals surface area (Å²) in [5, 5.41) is 0. The van der Waals surface area contributed by atoms with Crippen LogP contribution in [0, 0.1) is 0 Å². The number of hydrogen-bond donors (Lipinski definition) is 0. The second-order valence-corrected chi connectivity index (χ2v) is 19.9. The van der Waals surface area contributed by atoms with Gasteiger partial charge in [-0.15, -0.1) is 0 Å². The van der Waals surface area contributed by atoms with Gasteiger partial charge in [-0.1, -0.05) is 246 Å². The van der Waals surface area contributed by atoms with E-state index in [0.717, 1.165) is 135 Å². The van der Waals surface area contributed by atoms with Crippen molar-refractivity contribution in [2.75, 3.05) is 13.2 Å². The Balaban J connectivity index is 4.42. The summed E-state index contributed by atoms with van der Waals surface area (Å²) in [5.41, 5.74) is 0. The number of allylic oxidation sites excluding steroid dienone is 16. The predicted octanol–water partition coefficient (Wildman–Crippen LogP) is 20.5. The second kappa shape index (κ2) is 59.9. The molecule has 0 saturated carbocycles. The van der Waals surface area contributed by atoms with Crippen LogP contribution >= 0.6 is 0 Å². The maximum Gasteiger partial charge on any atom is 0.306 e. The number of hydrogen-bond acceptors (Lipinski definition) is 6. The SMILES string of the molecule is CC/C=C\C/C=C\C/C=C\C/C=C\C/C=C\CCCCCCCC(=O)OCC(COC(=O)CCCCCCC/C=C\C/C=C\CCCC)OC(=O)CCCCCCCCCCC/C=C\CCCCCCCC. The third-order valence-electron chi connectivity index (χ3n) is 12.8. The minimum atomic E-state index is -0.794. The fourth-order valence-corrected chi connectivity index (χ4v) is 8.25. The molecule has 1 unspecified atom stereocenters. The van der Waals surface area contributed by atoms with Gasteiger partial charge < -0.3 is 14.2 Å². The lowest BCUT2D eigenvalue weighted by atomic mass is 10.1. The fourth-order valence-electron chi connectivity index (χ4n) is 8.25. The van der Waals surface area contributed by atoms with E-state index >= 15 is 0 Å². The van der Waals surface area contributed by atoms with Crippen molar-refractivity contribution in [1.82, 2.24) is 0 Å². The van der Waals surface area contributed by atoms with E-state index in [9.17, 15) is 14.4 Å². The molecule has 0 aromatic rings. The van der Waals surface area contributed by atoms with Crippen molar-refractivity contribution in [3.63, 3.8) is 0 Å². The molecule has 0 aromatic heterocycles. The van der Waals surface area contributed by atoms with Gasteiger partial charge in [0.25, 0.3) is 0 Å². The third kappa shape index (κ3) is 57.2. The van der Waals surface area contributed by atoms with Crippen LogP contribution in [0.1, 0.15) is 284 Å². The van der Waals surface area contributed by atoms with Crippen molar-refractivity contribution in [1.29, 1.82) is 0 Å². The highest BCUT2D eigenvalue weighted by Gasteiger charge is 2.19. The molecule has 0 rings (SSSR count). The molecule has 0 bridgehead atoms. The topological polar surface area (TPSA) is 78.9 Å². The molecule has 0 saturated heterocycles. The number of esters is 3. The molecule has 6 nitrogen and oxygen atoms in total. The van der Waals surface area contributed by atoms with Gasteiger partial charge in [0.2, 0.25) is 0 Å². The first-order valence-corrected chi connectivity index (χ1v) is 30.2. The van der Waals surface area contributed by atoms with Gasteiger partial charge in [-0.2, -0.15) is 0 Å². The quantitative estimate of drug-likeness (QED) is 0.0261. The van der Waals surface area contributed by atoms with Crippen molar-refractivity contribution >= 4 is 17.9 Å². The molecule has 1 atom stereocenters. The van der Waals surface area contributed by atoms with Gasteiger partial charge in [-0.25, -0.2) is 0 Å². The van der Waals surface area contributed by atoms with Crippen LogP contribution in [0.25, 0.3) is 0 Å². The molecule has 0 amide bonds. The van der Waals surface area contributed by atoms with Gasteiger partial charge in [-0.3, -0.25) is 14.4 Å². The number of ether oxygens (including phenoxy) is 3. The van der Waals surface area contributed by atoms with Crippen LogP contribution < -0.4 is 0 Å². The number of carbonyl (C=O) groups is 3. The second-order valence-electron chi connectivity index (χ2n) is 19.9. The van der Waals surface area contributed by atoms with Crippen molar-refractivity contribution in [3.05, 3.63) is 97.2 Å². The lowest BCUT2D eigenvalue weighted by Crippen LogP contribution is -2.30. The monoisotopic (exact) mass is 1000 g/mol. The Morgan fingerprint density at radius 2 is 0.556 bits per heavy atom. The minimum absolute atomic E-state index is 0.0919. The molecule has 0 aliphatic carbocycles. The Kier molecular flexibility index (Phi) is 56.8. The lowest BCUT2D eigenvalue weighted by molar-refractivity contribution is -0.167. The molecule has 0 fully saturated rings. The van der Waals surface area contributed by atoms with E-state index in [1.165, 1.54) is 109 Å². The number of rotatable bonds is 54. The third-order valence-corrected chi connectivity index (χ3v) is 12.8. The highest BCUT2D eigenvalue weighted by Crippen LogP contribution is 2.15. The summed E-state index contributed by atoms with van der Waals surface area (Å²) in [7, 11) is 0. The first-order chi connectivity index (χ1) is 35.5. The molecule has 0 aliphatic heterocycles. The van der Waals surface area contributed by atoms with E-state index in [2.05, 4.69) is 118 Å². The summed E-state index contributed by atoms with van der Waals surface area (Å²) in [6.07, 6.45) is 79.7. The smallest absolute Gasteiger partial charge is 0.306 e. The molecule has 0 heterocycles. The Labute approximate surface area is 445 Å². The molecule has 412 valence electrons. The average Bonchev–Trinajstić information content (AvgIpc) is 3.38. The Morgan fingerprint density at radius 1 is 0.292 bits per heavy atom. The normalized spacial score (nSPS) is 12.8. The van der Waals surface area contributed by atoms with Crippen LogP contribution in [0.3, 0.4) is 0 Å². The minimum Gasteiger partial charge on any atom is -0.462 e. The standard InChI is InChI=1S/C66H112O6/c1-4-7-10-13-16-19-22-25-28-30-32-33-35-36-38-41-44-47-50-53-56-59-65(68)71-62-63(61-70-64(67)58-55-52-49-46-43-40-27-24-21-18-15-12-9-6-3)72-66(69)60-57-54-51-48-45-42-39-37-34-31-29-26-23-20-17-14-11-8-5-2/h7,10,15-16,18-19,24-29,32-33,36,38,63H,4-6,8-9,11-14,17,20-23,30-31,34-35,37,39-62H2,1-3H3/b10-7-,18-15-,19-16-,27-24-,28-25-,29-26-,33-32-,38-36-.